The molecule has 0 bridgehead atoms. The van der Waals surface area contributed by atoms with Gasteiger partial charge >= 0.3 is 0 Å². The van der Waals surface area contributed by atoms with Crippen LogP contribution in [0.2, 0.25) is 0 Å². The molecule has 5 nitrogen and oxygen atoms in total. The molecule has 1 unspecified atom stereocenters. The minimum absolute atomic E-state index is 0.172. The highest BCUT2D eigenvalue weighted by molar-refractivity contribution is 5.35. The number of hydrogen-bond donors (Lipinski definition) is 2. The molecule has 0 aromatic carbocycles. The van der Waals surface area contributed by atoms with Crippen LogP contribution in [0.1, 0.15) is 18.5 Å². The molecule has 0 saturated carbocycles. The highest BCUT2D eigenvalue weighted by Crippen LogP contribution is 2.14. The molecule has 72 valence electrons. The fourth-order valence-corrected chi connectivity index (χ4v) is 1.18. The van der Waals surface area contributed by atoms with Crippen molar-refractivity contribution in [3.05, 3.63) is 36.3 Å². The van der Waals surface area contributed by atoms with Crippen molar-refractivity contribution < 1.29 is 0 Å². The van der Waals surface area contributed by atoms with Gasteiger partial charge in [0.15, 0.2) is 0 Å². The molecule has 2 N–H and O–H groups in total. The molecule has 0 amide bonds. The number of aromatic amines is 1. The lowest BCUT2D eigenvalue weighted by Crippen LogP contribution is -2.07. The zero-order valence-corrected chi connectivity index (χ0v) is 7.81. The number of hydrogen-bond acceptors (Lipinski definition) is 4. The van der Waals surface area contributed by atoms with E-state index in [1.807, 2.05) is 25.3 Å². The Bertz CT molecular complexity index is 369. The second-order valence-corrected chi connectivity index (χ2v) is 3.01. The number of aromatic nitrogens is 4. The molecule has 0 saturated heterocycles. The maximum atomic E-state index is 3.94. The van der Waals surface area contributed by atoms with Crippen molar-refractivity contribution in [2.45, 2.75) is 13.0 Å². The first-order valence-corrected chi connectivity index (χ1v) is 4.39. The van der Waals surface area contributed by atoms with Gasteiger partial charge in [-0.05, 0) is 19.1 Å². The summed E-state index contributed by atoms with van der Waals surface area (Å²) in [6.45, 7) is 2.04. The van der Waals surface area contributed by atoms with E-state index in [0.717, 1.165) is 11.4 Å². The van der Waals surface area contributed by atoms with Crippen LogP contribution in [0.3, 0.4) is 0 Å². The summed E-state index contributed by atoms with van der Waals surface area (Å²) < 4.78 is 0. The van der Waals surface area contributed by atoms with Crippen molar-refractivity contribution in [1.82, 2.24) is 20.4 Å². The Labute approximate surface area is 81.6 Å². The van der Waals surface area contributed by atoms with Gasteiger partial charge in [0, 0.05) is 18.0 Å². The fourth-order valence-electron chi connectivity index (χ4n) is 1.18. The molecule has 1 atom stereocenters. The molecule has 2 heterocycles. The molecule has 14 heavy (non-hydrogen) atoms. The quantitative estimate of drug-likeness (QED) is 0.765. The summed E-state index contributed by atoms with van der Waals surface area (Å²) in [5, 5.41) is 17.6. The van der Waals surface area contributed by atoms with Crippen LogP contribution in [-0.4, -0.2) is 20.4 Å². The lowest BCUT2D eigenvalue weighted by molar-refractivity contribution is 0.861. The van der Waals surface area contributed by atoms with Gasteiger partial charge in [0.1, 0.15) is 5.82 Å². The van der Waals surface area contributed by atoms with Crippen LogP contribution >= 0.6 is 0 Å². The molecule has 0 radical (unpaired) electrons. The molecule has 0 aliphatic carbocycles. The molecule has 0 spiro atoms. The number of H-pyrrole nitrogens is 1. The van der Waals surface area contributed by atoms with E-state index in [0.29, 0.717) is 0 Å². The minimum atomic E-state index is 0.172. The van der Waals surface area contributed by atoms with Crippen molar-refractivity contribution in [3.8, 4) is 0 Å². The maximum Gasteiger partial charge on any atom is 0.149 e. The second kappa shape index (κ2) is 3.87. The molecular weight excluding hydrogens is 178 g/mol. The monoisotopic (exact) mass is 189 g/mol. The van der Waals surface area contributed by atoms with Gasteiger partial charge < -0.3 is 5.32 Å². The predicted molar refractivity (Wildman–Crippen MR) is 52.7 cm³/mol. The third kappa shape index (κ3) is 1.87. The van der Waals surface area contributed by atoms with Crippen LogP contribution in [0.5, 0.6) is 0 Å². The molecular formula is C9H11N5. The third-order valence-electron chi connectivity index (χ3n) is 1.96. The first-order chi connectivity index (χ1) is 6.86. The van der Waals surface area contributed by atoms with E-state index < -0.39 is 0 Å². The van der Waals surface area contributed by atoms with Crippen molar-refractivity contribution in [2.75, 3.05) is 5.32 Å². The van der Waals surface area contributed by atoms with Crippen molar-refractivity contribution in [2.24, 2.45) is 0 Å². The van der Waals surface area contributed by atoms with Crippen molar-refractivity contribution in [3.63, 3.8) is 0 Å². The largest absolute Gasteiger partial charge is 0.362 e. The summed E-state index contributed by atoms with van der Waals surface area (Å²) in [5.41, 5.74) is 1.09. The standard InChI is InChI=1S/C9H11N5/c1-7(8-5-11-12-6-8)13-9-3-2-4-10-14-9/h2-7H,1H3,(H,11,12)(H,13,14). The van der Waals surface area contributed by atoms with E-state index in [1.165, 1.54) is 0 Å². The average molecular weight is 189 g/mol. The van der Waals surface area contributed by atoms with E-state index >= 15 is 0 Å². The Kier molecular flexibility index (Phi) is 2.40. The fraction of sp³-hybridized carbons (Fsp3) is 0.222. The van der Waals surface area contributed by atoms with Gasteiger partial charge in [0.05, 0.1) is 12.2 Å². The normalized spacial score (nSPS) is 12.4. The number of anilines is 1. The molecule has 2 aromatic rings. The Morgan fingerprint density at radius 3 is 3.07 bits per heavy atom. The Hall–Kier alpha value is -1.91. The zero-order valence-electron chi connectivity index (χ0n) is 7.81. The SMILES string of the molecule is CC(Nc1cccnn1)c1cn[nH]c1. The van der Waals surface area contributed by atoms with Crippen LogP contribution in [0.4, 0.5) is 5.82 Å². The van der Waals surface area contributed by atoms with Gasteiger partial charge in [-0.2, -0.15) is 10.2 Å². The van der Waals surface area contributed by atoms with E-state index in [2.05, 4.69) is 25.7 Å². The van der Waals surface area contributed by atoms with Gasteiger partial charge in [-0.25, -0.2) is 0 Å². The van der Waals surface area contributed by atoms with E-state index in [4.69, 9.17) is 0 Å². The molecule has 0 aliphatic rings. The molecule has 2 aromatic heterocycles. The molecule has 5 heteroatoms. The summed E-state index contributed by atoms with van der Waals surface area (Å²) in [7, 11) is 0. The summed E-state index contributed by atoms with van der Waals surface area (Å²) >= 11 is 0. The smallest absolute Gasteiger partial charge is 0.149 e. The lowest BCUT2D eigenvalue weighted by atomic mass is 10.2. The van der Waals surface area contributed by atoms with Crippen LogP contribution in [0, 0.1) is 0 Å². The van der Waals surface area contributed by atoms with Crippen LogP contribution in [0.15, 0.2) is 30.7 Å². The van der Waals surface area contributed by atoms with Crippen molar-refractivity contribution >= 4 is 5.82 Å². The van der Waals surface area contributed by atoms with E-state index in [1.54, 1.807) is 12.4 Å². The zero-order chi connectivity index (χ0) is 9.80. The van der Waals surface area contributed by atoms with Crippen LogP contribution < -0.4 is 5.32 Å². The average Bonchev–Trinajstić information content (AvgIpc) is 2.72. The number of nitrogens with one attached hydrogen (secondary N) is 2. The van der Waals surface area contributed by atoms with Crippen LogP contribution in [-0.2, 0) is 0 Å². The van der Waals surface area contributed by atoms with Gasteiger partial charge in [-0.15, -0.1) is 5.10 Å². The summed E-state index contributed by atoms with van der Waals surface area (Å²) in [6.07, 6.45) is 5.29. The van der Waals surface area contributed by atoms with Crippen molar-refractivity contribution in [1.29, 1.82) is 0 Å². The maximum absolute atomic E-state index is 3.94. The number of rotatable bonds is 3. The highest BCUT2D eigenvalue weighted by Gasteiger charge is 2.06. The van der Waals surface area contributed by atoms with Crippen LogP contribution in [0.25, 0.3) is 0 Å². The lowest BCUT2D eigenvalue weighted by Gasteiger charge is -2.11. The summed E-state index contributed by atoms with van der Waals surface area (Å²) in [5.74, 6) is 0.765. The Balaban J connectivity index is 2.06. The second-order valence-electron chi connectivity index (χ2n) is 3.01. The van der Waals surface area contributed by atoms with Gasteiger partial charge in [0.2, 0.25) is 0 Å². The molecule has 0 aliphatic heterocycles. The Morgan fingerprint density at radius 2 is 2.43 bits per heavy atom. The van der Waals surface area contributed by atoms with Gasteiger partial charge in [-0.1, -0.05) is 0 Å². The third-order valence-corrected chi connectivity index (χ3v) is 1.96. The first kappa shape index (κ1) is 8.68. The first-order valence-electron chi connectivity index (χ1n) is 4.39. The number of nitrogens with zero attached hydrogens (tertiary/aromatic N) is 3. The van der Waals surface area contributed by atoms with Gasteiger partial charge in [0.25, 0.3) is 0 Å². The van der Waals surface area contributed by atoms with Gasteiger partial charge in [-0.3, -0.25) is 5.10 Å². The highest BCUT2D eigenvalue weighted by atomic mass is 15.2. The van der Waals surface area contributed by atoms with E-state index in [9.17, 15) is 0 Å². The minimum Gasteiger partial charge on any atom is -0.362 e. The topological polar surface area (TPSA) is 66.5 Å². The molecule has 0 fully saturated rings. The Morgan fingerprint density at radius 1 is 1.50 bits per heavy atom. The van der Waals surface area contributed by atoms with E-state index in [-0.39, 0.29) is 6.04 Å². The molecule has 2 rings (SSSR count). The summed E-state index contributed by atoms with van der Waals surface area (Å²) in [6, 6.07) is 3.89. The summed E-state index contributed by atoms with van der Waals surface area (Å²) in [4.78, 5) is 0. The predicted octanol–water partition coefficient (Wildman–Crippen LogP) is 1.37.